The van der Waals surface area contributed by atoms with Gasteiger partial charge in [-0.05, 0) is 36.8 Å². The van der Waals surface area contributed by atoms with Gasteiger partial charge in [-0.3, -0.25) is 9.59 Å². The van der Waals surface area contributed by atoms with Crippen LogP contribution in [-0.4, -0.2) is 41.5 Å². The number of fused-ring (bicyclic) bond motifs is 1. The van der Waals surface area contributed by atoms with Gasteiger partial charge in [0.15, 0.2) is 6.61 Å². The van der Waals surface area contributed by atoms with Crippen LogP contribution in [0.5, 0.6) is 0 Å². The molecule has 1 saturated heterocycles. The Kier molecular flexibility index (Phi) is 5.93. The number of pyridine rings is 1. The minimum atomic E-state index is -0.662. The zero-order chi connectivity index (χ0) is 20.9. The maximum atomic E-state index is 12.5. The number of nitrogens with one attached hydrogen (secondary N) is 1. The van der Waals surface area contributed by atoms with Crippen LogP contribution in [0.4, 0.5) is 0 Å². The number of hydrogen-bond donors (Lipinski definition) is 1. The van der Waals surface area contributed by atoms with Crippen LogP contribution in [0.2, 0.25) is 0 Å². The molecule has 1 aliphatic rings. The van der Waals surface area contributed by atoms with Gasteiger partial charge in [0.1, 0.15) is 0 Å². The maximum Gasteiger partial charge on any atom is 0.339 e. The fraction of sp³-hybridized carbons (Fsp3) is 0.292. The molecule has 1 amide bonds. The van der Waals surface area contributed by atoms with Gasteiger partial charge >= 0.3 is 5.97 Å². The van der Waals surface area contributed by atoms with Crippen LogP contribution in [0, 0.1) is 5.92 Å². The van der Waals surface area contributed by atoms with Crippen molar-refractivity contribution in [2.24, 2.45) is 5.92 Å². The van der Waals surface area contributed by atoms with Crippen molar-refractivity contribution in [1.82, 2.24) is 9.88 Å². The molecule has 0 atom stereocenters. The van der Waals surface area contributed by atoms with E-state index in [0.717, 1.165) is 19.3 Å². The second-order valence-corrected chi connectivity index (χ2v) is 7.68. The second kappa shape index (κ2) is 8.95. The van der Waals surface area contributed by atoms with Crippen molar-refractivity contribution in [1.29, 1.82) is 0 Å². The van der Waals surface area contributed by atoms with Gasteiger partial charge in [-0.1, -0.05) is 48.5 Å². The summed E-state index contributed by atoms with van der Waals surface area (Å²) >= 11 is 0. The van der Waals surface area contributed by atoms with Crippen molar-refractivity contribution >= 4 is 22.8 Å². The summed E-state index contributed by atoms with van der Waals surface area (Å²) in [6.07, 6.45) is 2.90. The second-order valence-electron chi connectivity index (χ2n) is 7.68. The number of rotatable bonds is 5. The lowest BCUT2D eigenvalue weighted by molar-refractivity contribution is -0.135. The van der Waals surface area contributed by atoms with E-state index in [-0.39, 0.29) is 23.6 Å². The number of amides is 1. The lowest BCUT2D eigenvalue weighted by Crippen LogP contribution is -2.41. The lowest BCUT2D eigenvalue weighted by Gasteiger charge is -2.32. The number of H-pyrrole nitrogens is 1. The van der Waals surface area contributed by atoms with E-state index >= 15 is 0 Å². The molecule has 0 saturated carbocycles. The maximum absolute atomic E-state index is 12.5. The minimum absolute atomic E-state index is 0.170. The van der Waals surface area contributed by atoms with Crippen molar-refractivity contribution in [3.05, 3.63) is 82.1 Å². The van der Waals surface area contributed by atoms with Crippen LogP contribution in [0.3, 0.4) is 0 Å². The number of carbonyl (C=O) groups is 2. The number of hydrogen-bond acceptors (Lipinski definition) is 4. The first-order valence-corrected chi connectivity index (χ1v) is 10.2. The molecule has 1 aromatic heterocycles. The molecule has 1 fully saturated rings. The number of carbonyl (C=O) groups excluding carboxylic acids is 2. The molecule has 30 heavy (non-hydrogen) atoms. The average molecular weight is 404 g/mol. The Labute approximate surface area is 174 Å². The monoisotopic (exact) mass is 404 g/mol. The van der Waals surface area contributed by atoms with E-state index < -0.39 is 5.97 Å². The van der Waals surface area contributed by atoms with Crippen LogP contribution in [0.1, 0.15) is 28.8 Å². The van der Waals surface area contributed by atoms with E-state index in [2.05, 4.69) is 17.1 Å². The lowest BCUT2D eigenvalue weighted by atomic mass is 9.90. The molecule has 6 heteroatoms. The van der Waals surface area contributed by atoms with Crippen molar-refractivity contribution in [3.8, 4) is 0 Å². The molecule has 6 nitrogen and oxygen atoms in total. The van der Waals surface area contributed by atoms with E-state index in [1.807, 2.05) is 18.2 Å². The van der Waals surface area contributed by atoms with E-state index in [4.69, 9.17) is 4.74 Å². The molecule has 4 rings (SSSR count). The van der Waals surface area contributed by atoms with Gasteiger partial charge in [0.25, 0.3) is 5.91 Å². The van der Waals surface area contributed by atoms with Crippen LogP contribution in [0.25, 0.3) is 10.9 Å². The molecule has 0 radical (unpaired) electrons. The number of aromatic amines is 1. The highest BCUT2D eigenvalue weighted by Gasteiger charge is 2.24. The Hall–Kier alpha value is -3.41. The molecule has 154 valence electrons. The normalized spacial score (nSPS) is 14.6. The van der Waals surface area contributed by atoms with Crippen LogP contribution >= 0.6 is 0 Å². The third-order valence-corrected chi connectivity index (χ3v) is 5.63. The summed E-state index contributed by atoms with van der Waals surface area (Å²) in [5, 5.41) is 0.594. The minimum Gasteiger partial charge on any atom is -0.452 e. The molecule has 0 aliphatic carbocycles. The highest BCUT2D eigenvalue weighted by atomic mass is 16.5. The smallest absolute Gasteiger partial charge is 0.339 e. The van der Waals surface area contributed by atoms with Gasteiger partial charge < -0.3 is 14.6 Å². The zero-order valence-electron chi connectivity index (χ0n) is 16.7. The highest BCUT2D eigenvalue weighted by molar-refractivity contribution is 6.03. The summed E-state index contributed by atoms with van der Waals surface area (Å²) in [4.78, 5) is 41.3. The van der Waals surface area contributed by atoms with Gasteiger partial charge in [-0.25, -0.2) is 4.79 Å². The van der Waals surface area contributed by atoms with Gasteiger partial charge in [0, 0.05) is 30.1 Å². The largest absolute Gasteiger partial charge is 0.452 e. The molecule has 0 unspecified atom stereocenters. The predicted molar refractivity (Wildman–Crippen MR) is 114 cm³/mol. The van der Waals surface area contributed by atoms with E-state index in [9.17, 15) is 14.4 Å². The summed E-state index contributed by atoms with van der Waals surface area (Å²) < 4.78 is 5.25. The van der Waals surface area contributed by atoms with Crippen molar-refractivity contribution < 1.29 is 14.3 Å². The molecular formula is C24H24N2O4. The van der Waals surface area contributed by atoms with Crippen LogP contribution < -0.4 is 5.56 Å². The van der Waals surface area contributed by atoms with E-state index in [0.29, 0.717) is 29.9 Å². The first kappa shape index (κ1) is 19.9. The molecular weight excluding hydrogens is 380 g/mol. The Morgan fingerprint density at radius 3 is 2.47 bits per heavy atom. The average Bonchev–Trinajstić information content (AvgIpc) is 2.78. The summed E-state index contributed by atoms with van der Waals surface area (Å²) in [5.41, 5.74) is 1.67. The SMILES string of the molecule is O=C(OCC(=O)N1CCC(Cc2ccccc2)CC1)c1cc(=O)[nH]c2ccccc12. The third kappa shape index (κ3) is 4.59. The molecule has 0 bridgehead atoms. The number of ether oxygens (including phenoxy) is 1. The van der Waals surface area contributed by atoms with Crippen LogP contribution in [-0.2, 0) is 16.0 Å². The number of esters is 1. The summed E-state index contributed by atoms with van der Waals surface area (Å²) in [6.45, 7) is 1.02. The Morgan fingerprint density at radius 2 is 1.70 bits per heavy atom. The third-order valence-electron chi connectivity index (χ3n) is 5.63. The van der Waals surface area contributed by atoms with Crippen molar-refractivity contribution in [3.63, 3.8) is 0 Å². The molecule has 2 heterocycles. The standard InChI is InChI=1S/C24H24N2O4/c27-22-15-20(19-8-4-5-9-21(19)25-22)24(29)30-16-23(28)26-12-10-18(11-13-26)14-17-6-2-1-3-7-17/h1-9,15,18H,10-14,16H2,(H,25,27). The quantitative estimate of drug-likeness (QED) is 0.663. The number of likely N-dealkylation sites (tertiary alicyclic amines) is 1. The molecule has 1 N–H and O–H groups in total. The highest BCUT2D eigenvalue weighted by Crippen LogP contribution is 2.22. The molecule has 2 aromatic carbocycles. The van der Waals surface area contributed by atoms with Crippen molar-refractivity contribution in [2.75, 3.05) is 19.7 Å². The molecule has 3 aromatic rings. The van der Waals surface area contributed by atoms with E-state index in [1.54, 1.807) is 29.2 Å². The predicted octanol–water partition coefficient (Wildman–Crippen LogP) is 3.17. The van der Waals surface area contributed by atoms with Gasteiger partial charge in [0.05, 0.1) is 5.56 Å². The number of nitrogens with zero attached hydrogens (tertiary/aromatic N) is 1. The summed E-state index contributed by atoms with van der Waals surface area (Å²) in [6, 6.07) is 18.6. The summed E-state index contributed by atoms with van der Waals surface area (Å²) in [5.74, 6) is -0.304. The fourth-order valence-electron chi connectivity index (χ4n) is 4.00. The summed E-state index contributed by atoms with van der Waals surface area (Å²) in [7, 11) is 0. The Balaban J connectivity index is 1.31. The number of benzene rings is 2. The van der Waals surface area contributed by atoms with Gasteiger partial charge in [-0.2, -0.15) is 0 Å². The van der Waals surface area contributed by atoms with Crippen LogP contribution in [0.15, 0.2) is 65.5 Å². The number of piperidine rings is 1. The number of aromatic nitrogens is 1. The zero-order valence-corrected chi connectivity index (χ0v) is 16.7. The van der Waals surface area contributed by atoms with Crippen molar-refractivity contribution in [2.45, 2.75) is 19.3 Å². The first-order valence-electron chi connectivity index (χ1n) is 10.2. The number of para-hydroxylation sites is 1. The molecule has 1 aliphatic heterocycles. The Bertz CT molecular complexity index is 1100. The Morgan fingerprint density at radius 1 is 1.00 bits per heavy atom. The van der Waals surface area contributed by atoms with Gasteiger partial charge in [-0.15, -0.1) is 0 Å². The van der Waals surface area contributed by atoms with E-state index in [1.165, 1.54) is 11.6 Å². The topological polar surface area (TPSA) is 79.5 Å². The molecule has 0 spiro atoms. The fourth-order valence-corrected chi connectivity index (χ4v) is 4.00. The first-order chi connectivity index (χ1) is 14.6. The van der Waals surface area contributed by atoms with Gasteiger partial charge in [0.2, 0.25) is 5.56 Å².